The molecule has 0 radical (unpaired) electrons. The minimum absolute atomic E-state index is 0.0607. The number of anilines is 1. The molecule has 0 bridgehead atoms. The molecule has 110 valence electrons. The van der Waals surface area contributed by atoms with Crippen LogP contribution in [0.15, 0.2) is 42.1 Å². The lowest BCUT2D eigenvalue weighted by atomic mass is 10.1. The summed E-state index contributed by atoms with van der Waals surface area (Å²) >= 11 is 6.88. The van der Waals surface area contributed by atoms with Crippen LogP contribution >= 0.6 is 22.9 Å². The number of nitrogens with zero attached hydrogens (tertiary/aromatic N) is 1. The number of nitrogens with one attached hydrogen (secondary N) is 1. The van der Waals surface area contributed by atoms with Crippen molar-refractivity contribution in [1.29, 1.82) is 0 Å². The summed E-state index contributed by atoms with van der Waals surface area (Å²) in [6.45, 7) is 2.52. The smallest absolute Gasteiger partial charge is 0.207 e. The predicted octanol–water partition coefficient (Wildman–Crippen LogP) is 4.11. The topological polar surface area (TPSA) is 42.0 Å². The number of carbonyl (C=O) groups excluding carboxylic acids is 1. The van der Waals surface area contributed by atoms with Crippen LogP contribution in [0.3, 0.4) is 0 Å². The zero-order chi connectivity index (χ0) is 15.2. The van der Waals surface area contributed by atoms with E-state index in [0.29, 0.717) is 22.4 Å². The summed E-state index contributed by atoms with van der Waals surface area (Å²) in [5.41, 5.74) is 1.12. The number of ketones is 1. The van der Waals surface area contributed by atoms with Gasteiger partial charge >= 0.3 is 0 Å². The van der Waals surface area contributed by atoms with Gasteiger partial charge in [0.25, 0.3) is 0 Å². The number of allylic oxidation sites excluding steroid dienone is 1. The fourth-order valence-corrected chi connectivity index (χ4v) is 2.49. The first-order chi connectivity index (χ1) is 10.1. The minimum Gasteiger partial charge on any atom is -0.358 e. The lowest BCUT2D eigenvalue weighted by molar-refractivity contribution is 0.103. The van der Waals surface area contributed by atoms with Gasteiger partial charge in [-0.05, 0) is 19.1 Å². The van der Waals surface area contributed by atoms with Gasteiger partial charge in [0.05, 0.1) is 16.6 Å². The van der Waals surface area contributed by atoms with Crippen molar-refractivity contribution in [3.63, 3.8) is 0 Å². The molecule has 1 aromatic heterocycles. The first-order valence-electron chi connectivity index (χ1n) is 6.32. The van der Waals surface area contributed by atoms with Gasteiger partial charge < -0.3 is 5.32 Å². The van der Waals surface area contributed by atoms with Gasteiger partial charge in [-0.1, -0.05) is 35.1 Å². The fourth-order valence-electron chi connectivity index (χ4n) is 1.61. The van der Waals surface area contributed by atoms with Crippen LogP contribution in [0.5, 0.6) is 0 Å². The van der Waals surface area contributed by atoms with Crippen molar-refractivity contribution >= 4 is 33.9 Å². The molecule has 3 nitrogen and oxygen atoms in total. The summed E-state index contributed by atoms with van der Waals surface area (Å²) in [6.07, 6.45) is 3.41. The molecule has 2 rings (SSSR count). The average Bonchev–Trinajstić information content (AvgIpc) is 2.95. The SMILES string of the molecule is C/C(=C\CNc1ncc(C(=O)c2ccccc2F)s1)CCl. The second-order valence-electron chi connectivity index (χ2n) is 4.40. The number of halogens is 2. The van der Waals surface area contributed by atoms with E-state index in [2.05, 4.69) is 10.3 Å². The summed E-state index contributed by atoms with van der Waals surface area (Å²) in [6, 6.07) is 5.93. The molecule has 0 saturated carbocycles. The number of rotatable bonds is 6. The number of benzene rings is 1. The number of thiazole rings is 1. The molecule has 0 aliphatic carbocycles. The third-order valence-electron chi connectivity index (χ3n) is 2.76. The maximum absolute atomic E-state index is 13.6. The van der Waals surface area contributed by atoms with Crippen molar-refractivity contribution in [2.75, 3.05) is 17.7 Å². The van der Waals surface area contributed by atoms with Crippen LogP contribution in [0.4, 0.5) is 9.52 Å². The summed E-state index contributed by atoms with van der Waals surface area (Å²) in [4.78, 5) is 16.7. The Hall–Kier alpha value is -1.72. The van der Waals surface area contributed by atoms with Crippen LogP contribution in [-0.4, -0.2) is 23.2 Å². The third-order valence-corrected chi connectivity index (χ3v) is 4.14. The molecule has 6 heteroatoms. The van der Waals surface area contributed by atoms with Crippen molar-refractivity contribution in [2.24, 2.45) is 0 Å². The Bertz CT molecular complexity index is 669. The molecule has 0 aliphatic rings. The van der Waals surface area contributed by atoms with Gasteiger partial charge in [-0.15, -0.1) is 11.6 Å². The van der Waals surface area contributed by atoms with Crippen LogP contribution in [0.1, 0.15) is 22.2 Å². The summed E-state index contributed by atoms with van der Waals surface area (Å²) in [5, 5.41) is 3.70. The van der Waals surface area contributed by atoms with Crippen molar-refractivity contribution in [3.05, 3.63) is 58.4 Å². The molecule has 0 fully saturated rings. The summed E-state index contributed by atoms with van der Waals surface area (Å²) in [7, 11) is 0. The van der Waals surface area contributed by atoms with Crippen LogP contribution < -0.4 is 5.32 Å². The van der Waals surface area contributed by atoms with E-state index in [1.54, 1.807) is 12.1 Å². The highest BCUT2D eigenvalue weighted by Gasteiger charge is 2.16. The molecule has 1 heterocycles. The maximum atomic E-state index is 13.6. The van der Waals surface area contributed by atoms with E-state index in [-0.39, 0.29) is 11.3 Å². The normalized spacial score (nSPS) is 11.5. The van der Waals surface area contributed by atoms with Gasteiger partial charge in [0, 0.05) is 12.4 Å². The average molecular weight is 325 g/mol. The minimum atomic E-state index is -0.522. The first kappa shape index (κ1) is 15.7. The van der Waals surface area contributed by atoms with Crippen molar-refractivity contribution in [2.45, 2.75) is 6.92 Å². The van der Waals surface area contributed by atoms with Crippen LogP contribution in [-0.2, 0) is 0 Å². The van der Waals surface area contributed by atoms with Gasteiger partial charge in [-0.2, -0.15) is 0 Å². The molecule has 0 spiro atoms. The van der Waals surface area contributed by atoms with Crippen molar-refractivity contribution < 1.29 is 9.18 Å². The Morgan fingerprint density at radius 1 is 1.48 bits per heavy atom. The van der Waals surface area contributed by atoms with E-state index < -0.39 is 5.82 Å². The lowest BCUT2D eigenvalue weighted by Crippen LogP contribution is -2.01. The summed E-state index contributed by atoms with van der Waals surface area (Å²) in [5.74, 6) is -0.395. The number of aromatic nitrogens is 1. The van der Waals surface area contributed by atoms with Crippen LogP contribution in [0, 0.1) is 5.82 Å². The second kappa shape index (κ2) is 7.33. The van der Waals surface area contributed by atoms with E-state index in [1.165, 1.54) is 29.7 Å². The largest absolute Gasteiger partial charge is 0.358 e. The van der Waals surface area contributed by atoms with Crippen LogP contribution in [0.25, 0.3) is 0 Å². The Labute approximate surface area is 131 Å². The van der Waals surface area contributed by atoms with E-state index >= 15 is 0 Å². The predicted molar refractivity (Wildman–Crippen MR) is 84.9 cm³/mol. The molecular weight excluding hydrogens is 311 g/mol. The third kappa shape index (κ3) is 4.12. The monoisotopic (exact) mass is 324 g/mol. The molecule has 0 saturated heterocycles. The van der Waals surface area contributed by atoms with Crippen LogP contribution in [0.2, 0.25) is 0 Å². The number of hydrogen-bond donors (Lipinski definition) is 1. The molecule has 1 aromatic carbocycles. The molecule has 2 aromatic rings. The zero-order valence-electron chi connectivity index (χ0n) is 11.4. The number of hydrogen-bond acceptors (Lipinski definition) is 4. The Morgan fingerprint density at radius 3 is 2.95 bits per heavy atom. The molecule has 21 heavy (non-hydrogen) atoms. The standard InChI is InChI=1S/C15H14ClFN2OS/c1-10(8-16)6-7-18-15-19-9-13(21-15)14(20)11-4-2-3-5-12(11)17/h2-6,9H,7-8H2,1H3,(H,18,19)/b10-6+. The quantitative estimate of drug-likeness (QED) is 0.494. The zero-order valence-corrected chi connectivity index (χ0v) is 13.0. The van der Waals surface area contributed by atoms with E-state index in [9.17, 15) is 9.18 Å². The molecule has 0 amide bonds. The highest BCUT2D eigenvalue weighted by atomic mass is 35.5. The van der Waals surface area contributed by atoms with Crippen molar-refractivity contribution in [1.82, 2.24) is 4.98 Å². The van der Waals surface area contributed by atoms with Gasteiger partial charge in [0.2, 0.25) is 5.78 Å². The van der Waals surface area contributed by atoms with Gasteiger partial charge in [-0.3, -0.25) is 4.79 Å². The molecule has 0 aliphatic heterocycles. The Balaban J connectivity index is 2.06. The van der Waals surface area contributed by atoms with Gasteiger partial charge in [0.15, 0.2) is 5.13 Å². The van der Waals surface area contributed by atoms with Gasteiger partial charge in [-0.25, -0.2) is 9.37 Å². The second-order valence-corrected chi connectivity index (χ2v) is 5.70. The first-order valence-corrected chi connectivity index (χ1v) is 7.67. The van der Waals surface area contributed by atoms with E-state index in [0.717, 1.165) is 5.57 Å². The van der Waals surface area contributed by atoms with Gasteiger partial charge in [0.1, 0.15) is 5.82 Å². The highest BCUT2D eigenvalue weighted by molar-refractivity contribution is 7.17. The Morgan fingerprint density at radius 2 is 2.24 bits per heavy atom. The van der Waals surface area contributed by atoms with E-state index in [4.69, 9.17) is 11.6 Å². The molecule has 1 N–H and O–H groups in total. The molecule has 0 unspecified atom stereocenters. The number of carbonyl (C=O) groups is 1. The van der Waals surface area contributed by atoms with E-state index in [1.807, 2.05) is 13.0 Å². The van der Waals surface area contributed by atoms with Crippen molar-refractivity contribution in [3.8, 4) is 0 Å². The summed E-state index contributed by atoms with van der Waals surface area (Å²) < 4.78 is 13.6. The lowest BCUT2D eigenvalue weighted by Gasteiger charge is -1.99. The molecular formula is C15H14ClFN2OS. The fraction of sp³-hybridized carbons (Fsp3) is 0.200. The number of alkyl halides is 1. The molecule has 0 atom stereocenters. The Kier molecular flexibility index (Phi) is 5.47. The highest BCUT2D eigenvalue weighted by Crippen LogP contribution is 2.22. The maximum Gasteiger partial charge on any atom is 0.207 e.